The van der Waals surface area contributed by atoms with Gasteiger partial charge in [0, 0.05) is 16.6 Å². The number of sulfonamides is 1. The van der Waals surface area contributed by atoms with Gasteiger partial charge >= 0.3 is 5.97 Å². The van der Waals surface area contributed by atoms with E-state index >= 15 is 0 Å². The number of ether oxygens (including phenoxy) is 1. The molecule has 3 rings (SSSR count). The second-order valence-corrected chi connectivity index (χ2v) is 7.22. The van der Waals surface area contributed by atoms with Gasteiger partial charge in [-0.3, -0.25) is 4.72 Å². The Morgan fingerprint density at radius 2 is 1.84 bits per heavy atom. The number of benzene rings is 2. The van der Waals surface area contributed by atoms with Crippen LogP contribution in [0.1, 0.15) is 10.4 Å². The van der Waals surface area contributed by atoms with E-state index in [0.29, 0.717) is 5.69 Å². The number of carbonyl (C=O) groups excluding carboxylic acids is 1. The third kappa shape index (κ3) is 3.67. The van der Waals surface area contributed by atoms with Crippen LogP contribution in [-0.4, -0.2) is 31.1 Å². The first-order chi connectivity index (χ1) is 12.0. The summed E-state index contributed by atoms with van der Waals surface area (Å²) in [5.74, 6) is -0.715. The van der Waals surface area contributed by atoms with Crippen molar-refractivity contribution in [3.63, 3.8) is 0 Å². The van der Waals surface area contributed by atoms with E-state index in [9.17, 15) is 13.2 Å². The van der Waals surface area contributed by atoms with Gasteiger partial charge in [0.1, 0.15) is 10.6 Å². The Morgan fingerprint density at radius 1 is 1.12 bits per heavy atom. The van der Waals surface area contributed by atoms with E-state index in [4.69, 9.17) is 0 Å². The lowest BCUT2D eigenvalue weighted by Gasteiger charge is -2.11. The lowest BCUT2D eigenvalue weighted by Crippen LogP contribution is -2.17. The Kier molecular flexibility index (Phi) is 4.77. The zero-order valence-corrected chi connectivity index (χ0v) is 14.7. The number of nitrogens with one attached hydrogen (secondary N) is 1. The summed E-state index contributed by atoms with van der Waals surface area (Å²) in [5.41, 5.74) is 1.89. The highest BCUT2D eigenvalue weighted by molar-refractivity contribution is 7.92. The Morgan fingerprint density at radius 3 is 2.48 bits per heavy atom. The van der Waals surface area contributed by atoms with E-state index in [1.165, 1.54) is 30.8 Å². The van der Waals surface area contributed by atoms with Crippen LogP contribution in [0.2, 0.25) is 0 Å². The van der Waals surface area contributed by atoms with Crippen molar-refractivity contribution in [1.82, 2.24) is 9.59 Å². The smallest absolute Gasteiger partial charge is 0.339 e. The van der Waals surface area contributed by atoms with Gasteiger partial charge < -0.3 is 4.74 Å². The fourth-order valence-electron chi connectivity index (χ4n) is 2.19. The van der Waals surface area contributed by atoms with Gasteiger partial charge in [-0.2, -0.15) is 0 Å². The summed E-state index contributed by atoms with van der Waals surface area (Å²) in [4.78, 5) is 11.6. The molecule has 0 atom stereocenters. The van der Waals surface area contributed by atoms with Crippen molar-refractivity contribution in [2.24, 2.45) is 0 Å². The molecule has 0 saturated heterocycles. The van der Waals surface area contributed by atoms with Gasteiger partial charge in [0.2, 0.25) is 0 Å². The maximum atomic E-state index is 12.6. The van der Waals surface area contributed by atoms with Crippen molar-refractivity contribution in [2.45, 2.75) is 4.90 Å². The van der Waals surface area contributed by atoms with Crippen LogP contribution in [-0.2, 0) is 14.8 Å². The van der Waals surface area contributed by atoms with Crippen LogP contribution in [0.25, 0.3) is 11.3 Å². The molecule has 7 nitrogen and oxygen atoms in total. The van der Waals surface area contributed by atoms with Crippen molar-refractivity contribution < 1.29 is 17.9 Å². The van der Waals surface area contributed by atoms with E-state index in [-0.39, 0.29) is 10.5 Å². The predicted octanol–water partition coefficient (Wildman–Crippen LogP) is 2.79. The molecule has 0 aliphatic heterocycles. The van der Waals surface area contributed by atoms with Crippen molar-refractivity contribution in [1.29, 1.82) is 0 Å². The summed E-state index contributed by atoms with van der Waals surface area (Å²) >= 11 is 1.24. The first-order valence-corrected chi connectivity index (χ1v) is 9.41. The number of aromatic nitrogens is 2. The summed E-state index contributed by atoms with van der Waals surface area (Å²) in [5, 5.41) is 5.75. The van der Waals surface area contributed by atoms with Crippen LogP contribution in [0.3, 0.4) is 0 Å². The Bertz CT molecular complexity index is 984. The van der Waals surface area contributed by atoms with Crippen LogP contribution in [0.4, 0.5) is 5.69 Å². The molecule has 0 radical (unpaired) electrons. The number of carbonyl (C=O) groups is 1. The summed E-state index contributed by atoms with van der Waals surface area (Å²) in [6.45, 7) is 0. The van der Waals surface area contributed by atoms with Gasteiger partial charge in [-0.15, -0.1) is 5.10 Å². The average molecular weight is 375 g/mol. The van der Waals surface area contributed by atoms with Crippen LogP contribution < -0.4 is 4.72 Å². The minimum absolute atomic E-state index is 0.0253. The summed E-state index contributed by atoms with van der Waals surface area (Å²) in [7, 11) is -2.74. The maximum Gasteiger partial charge on any atom is 0.339 e. The molecule has 0 aliphatic carbocycles. The quantitative estimate of drug-likeness (QED) is 0.689. The molecule has 1 heterocycles. The second-order valence-electron chi connectivity index (χ2n) is 4.96. The van der Waals surface area contributed by atoms with Crippen LogP contribution in [0.15, 0.2) is 58.8 Å². The number of hydrogen-bond donors (Lipinski definition) is 1. The highest BCUT2D eigenvalue weighted by Gasteiger charge is 2.22. The highest BCUT2D eigenvalue weighted by Crippen LogP contribution is 2.23. The molecule has 2 aromatic carbocycles. The Hall–Kier alpha value is -2.78. The Balaban J connectivity index is 1.89. The number of esters is 1. The molecule has 0 saturated carbocycles. The minimum atomic E-state index is -3.94. The largest absolute Gasteiger partial charge is 0.465 e. The fourth-order valence-corrected chi connectivity index (χ4v) is 3.91. The molecule has 0 fully saturated rings. The van der Waals surface area contributed by atoms with Gasteiger partial charge in [-0.05, 0) is 35.8 Å². The van der Waals surface area contributed by atoms with E-state index in [1.807, 2.05) is 0 Å². The van der Waals surface area contributed by atoms with Gasteiger partial charge in [0.05, 0.1) is 12.7 Å². The molecule has 25 heavy (non-hydrogen) atoms. The monoisotopic (exact) mass is 375 g/mol. The highest BCUT2D eigenvalue weighted by atomic mass is 32.2. The molecule has 3 aromatic rings. The number of rotatable bonds is 5. The molecular weight excluding hydrogens is 362 g/mol. The lowest BCUT2D eigenvalue weighted by molar-refractivity contribution is 0.0596. The zero-order chi connectivity index (χ0) is 17.9. The third-order valence-electron chi connectivity index (χ3n) is 3.37. The molecule has 0 unspecified atom stereocenters. The number of anilines is 1. The van der Waals surface area contributed by atoms with Gasteiger partial charge in [-0.1, -0.05) is 28.8 Å². The molecule has 9 heteroatoms. The first-order valence-electron chi connectivity index (χ1n) is 7.09. The standard InChI is InChI=1S/C16H13N3O4S2/c1-23-16(20)13-4-2-3-5-15(13)25(21,22)18-12-8-6-11(7-9-12)14-10-24-19-17-14/h2-10,18H,1H3. The first kappa shape index (κ1) is 17.1. The van der Waals surface area contributed by atoms with Crippen LogP contribution in [0, 0.1) is 0 Å². The normalized spacial score (nSPS) is 11.1. The third-order valence-corrected chi connectivity index (χ3v) is 5.32. The molecule has 0 bridgehead atoms. The topological polar surface area (TPSA) is 98.2 Å². The van der Waals surface area contributed by atoms with Crippen LogP contribution >= 0.6 is 11.5 Å². The zero-order valence-electron chi connectivity index (χ0n) is 13.0. The Labute approximate surface area is 148 Å². The average Bonchev–Trinajstić information content (AvgIpc) is 3.16. The molecule has 0 amide bonds. The minimum Gasteiger partial charge on any atom is -0.465 e. The predicted molar refractivity (Wildman–Crippen MR) is 93.9 cm³/mol. The summed E-state index contributed by atoms with van der Waals surface area (Å²) in [6, 6.07) is 12.6. The summed E-state index contributed by atoms with van der Waals surface area (Å²) < 4.78 is 36.1. The molecule has 1 aromatic heterocycles. The molecular formula is C16H13N3O4S2. The van der Waals surface area contributed by atoms with Crippen molar-refractivity contribution in [3.05, 3.63) is 59.5 Å². The van der Waals surface area contributed by atoms with Crippen LogP contribution in [0.5, 0.6) is 0 Å². The molecule has 0 aliphatic rings. The van der Waals surface area contributed by atoms with Crippen molar-refractivity contribution in [2.75, 3.05) is 11.8 Å². The second kappa shape index (κ2) is 6.99. The summed E-state index contributed by atoms with van der Waals surface area (Å²) in [6.07, 6.45) is 0. The lowest BCUT2D eigenvalue weighted by atomic mass is 10.2. The molecule has 0 spiro atoms. The fraction of sp³-hybridized carbons (Fsp3) is 0.0625. The number of nitrogens with zero attached hydrogens (tertiary/aromatic N) is 2. The number of hydrogen-bond acceptors (Lipinski definition) is 7. The maximum absolute atomic E-state index is 12.6. The SMILES string of the molecule is COC(=O)c1ccccc1S(=O)(=O)Nc1ccc(-c2csnn2)cc1. The van der Waals surface area contributed by atoms with E-state index in [0.717, 1.165) is 11.3 Å². The van der Waals surface area contributed by atoms with Gasteiger partial charge in [0.15, 0.2) is 0 Å². The molecule has 1 N–H and O–H groups in total. The van der Waals surface area contributed by atoms with E-state index in [1.54, 1.807) is 41.8 Å². The van der Waals surface area contributed by atoms with Gasteiger partial charge in [-0.25, -0.2) is 13.2 Å². The number of methoxy groups -OCH3 is 1. The van der Waals surface area contributed by atoms with Crippen molar-refractivity contribution >= 4 is 33.2 Å². The van der Waals surface area contributed by atoms with Crippen molar-refractivity contribution in [3.8, 4) is 11.3 Å². The van der Waals surface area contributed by atoms with E-state index < -0.39 is 16.0 Å². The van der Waals surface area contributed by atoms with Gasteiger partial charge in [0.25, 0.3) is 10.0 Å². The molecule has 128 valence electrons. The van der Waals surface area contributed by atoms with E-state index in [2.05, 4.69) is 19.0 Å².